The van der Waals surface area contributed by atoms with E-state index in [4.69, 9.17) is 0 Å². The first-order chi connectivity index (χ1) is 10.9. The van der Waals surface area contributed by atoms with Crippen LogP contribution in [0.4, 0.5) is 26.3 Å². The molecule has 1 atom stereocenters. The molecule has 1 aromatic carbocycles. The molecule has 0 aliphatic rings. The van der Waals surface area contributed by atoms with Crippen LogP contribution in [0.1, 0.15) is 18.1 Å². The van der Waals surface area contributed by atoms with Gasteiger partial charge in [0.05, 0.1) is 6.61 Å². The van der Waals surface area contributed by atoms with Crippen molar-refractivity contribution in [1.82, 2.24) is 0 Å². The zero-order valence-electron chi connectivity index (χ0n) is 11.6. The maximum absolute atomic E-state index is 12.3. The van der Waals surface area contributed by atoms with Gasteiger partial charge in [-0.3, -0.25) is 0 Å². The lowest BCUT2D eigenvalue weighted by Gasteiger charge is -2.20. The summed E-state index contributed by atoms with van der Waals surface area (Å²) in [7, 11) is 0. The van der Waals surface area contributed by atoms with Crippen LogP contribution in [0.15, 0.2) is 24.3 Å². The summed E-state index contributed by atoms with van der Waals surface area (Å²) >= 11 is 1.76. The summed E-state index contributed by atoms with van der Waals surface area (Å²) in [5.74, 6) is -4.97. The van der Waals surface area contributed by atoms with E-state index in [1.165, 1.54) is 18.2 Å². The van der Waals surface area contributed by atoms with Gasteiger partial charge in [-0.1, -0.05) is 18.2 Å². The maximum Gasteiger partial charge on any atom is 0.490 e. The number of alkyl halides is 6. The van der Waals surface area contributed by atoms with Gasteiger partial charge in [-0.25, -0.2) is 9.59 Å². The number of esters is 2. The summed E-state index contributed by atoms with van der Waals surface area (Å²) < 4.78 is 81.7. The van der Waals surface area contributed by atoms with E-state index in [0.29, 0.717) is 3.57 Å². The average molecular weight is 470 g/mol. The zero-order chi connectivity index (χ0) is 18.5. The molecular formula is C13H9F6IO4. The fourth-order valence-electron chi connectivity index (χ4n) is 1.55. The minimum atomic E-state index is -5.26. The highest BCUT2D eigenvalue weighted by Crippen LogP contribution is 2.29. The fraction of sp³-hybridized carbons (Fsp3) is 0.385. The molecule has 24 heavy (non-hydrogen) atoms. The monoisotopic (exact) mass is 470 g/mol. The molecule has 0 amide bonds. The van der Waals surface area contributed by atoms with E-state index in [1.807, 2.05) is 0 Å². The zero-order valence-corrected chi connectivity index (χ0v) is 13.7. The smallest absolute Gasteiger partial charge is 0.459 e. The van der Waals surface area contributed by atoms with Crippen LogP contribution in [-0.2, 0) is 19.1 Å². The van der Waals surface area contributed by atoms with Crippen LogP contribution in [0.3, 0.4) is 0 Å². The molecule has 134 valence electrons. The van der Waals surface area contributed by atoms with Crippen LogP contribution in [0.2, 0.25) is 0 Å². The van der Waals surface area contributed by atoms with E-state index in [0.717, 1.165) is 0 Å². The summed E-state index contributed by atoms with van der Waals surface area (Å²) in [6.45, 7) is -0.876. The molecule has 1 aromatic rings. The van der Waals surface area contributed by atoms with Crippen molar-refractivity contribution in [3.8, 4) is 0 Å². The molecule has 0 fully saturated rings. The molecule has 0 heterocycles. The van der Waals surface area contributed by atoms with Gasteiger partial charge in [0.15, 0.2) is 0 Å². The van der Waals surface area contributed by atoms with E-state index in [9.17, 15) is 35.9 Å². The molecule has 0 aliphatic carbocycles. The van der Waals surface area contributed by atoms with Crippen LogP contribution in [0.25, 0.3) is 0 Å². The van der Waals surface area contributed by atoms with Crippen LogP contribution in [0, 0.1) is 3.57 Å². The molecule has 0 aliphatic heterocycles. The highest BCUT2D eigenvalue weighted by Gasteiger charge is 2.43. The lowest BCUT2D eigenvalue weighted by atomic mass is 10.1. The van der Waals surface area contributed by atoms with Crippen molar-refractivity contribution in [2.45, 2.75) is 24.9 Å². The van der Waals surface area contributed by atoms with Crippen LogP contribution in [-0.4, -0.2) is 30.9 Å². The molecule has 4 nitrogen and oxygen atoms in total. The van der Waals surface area contributed by atoms with Gasteiger partial charge in [0.2, 0.25) is 0 Å². The molecule has 0 radical (unpaired) electrons. The Kier molecular flexibility index (Phi) is 6.86. The molecule has 0 N–H and O–H groups in total. The Morgan fingerprint density at radius 2 is 1.54 bits per heavy atom. The molecule has 0 bridgehead atoms. The summed E-state index contributed by atoms with van der Waals surface area (Å²) in [6, 6.07) is 5.87. The lowest BCUT2D eigenvalue weighted by Crippen LogP contribution is -2.29. The summed E-state index contributed by atoms with van der Waals surface area (Å²) in [5.41, 5.74) is 0.152. The van der Waals surface area contributed by atoms with Crippen molar-refractivity contribution in [3.63, 3.8) is 0 Å². The third kappa shape index (κ3) is 6.17. The highest BCUT2D eigenvalue weighted by atomic mass is 127. The number of hydrogen-bond donors (Lipinski definition) is 0. The first-order valence-corrected chi connectivity index (χ1v) is 7.27. The number of halogens is 7. The predicted molar refractivity (Wildman–Crippen MR) is 75.7 cm³/mol. The van der Waals surface area contributed by atoms with Gasteiger partial charge in [0.1, 0.15) is 6.10 Å². The summed E-state index contributed by atoms with van der Waals surface area (Å²) in [4.78, 5) is 21.6. The standard InChI is InChI=1S/C13H9F6IO4/c14-12(15,16)10(21)23-6-5-9(24-11(22)13(17,18)19)7-3-1-2-4-8(7)20/h1-4,9H,5-6H2. The third-order valence-corrected chi connectivity index (χ3v) is 3.56. The molecular weight excluding hydrogens is 461 g/mol. The van der Waals surface area contributed by atoms with Crippen molar-refractivity contribution in [2.75, 3.05) is 6.61 Å². The topological polar surface area (TPSA) is 52.6 Å². The number of hydrogen-bond acceptors (Lipinski definition) is 4. The van der Waals surface area contributed by atoms with Crippen molar-refractivity contribution < 1.29 is 45.4 Å². The van der Waals surface area contributed by atoms with E-state index in [-0.39, 0.29) is 5.56 Å². The van der Waals surface area contributed by atoms with Gasteiger partial charge < -0.3 is 9.47 Å². The van der Waals surface area contributed by atoms with Gasteiger partial charge in [0, 0.05) is 15.6 Å². The molecule has 0 saturated heterocycles. The maximum atomic E-state index is 12.3. The fourth-order valence-corrected chi connectivity index (χ4v) is 2.29. The normalized spacial score (nSPS) is 13.3. The van der Waals surface area contributed by atoms with Gasteiger partial charge in [-0.05, 0) is 28.7 Å². The molecule has 0 spiro atoms. The molecule has 0 saturated carbocycles. The second-order valence-electron chi connectivity index (χ2n) is 4.34. The van der Waals surface area contributed by atoms with E-state index < -0.39 is 43.4 Å². The second kappa shape index (κ2) is 8.03. The van der Waals surface area contributed by atoms with Gasteiger partial charge in [0.25, 0.3) is 0 Å². The Balaban J connectivity index is 2.85. The van der Waals surface area contributed by atoms with E-state index >= 15 is 0 Å². The molecule has 1 rings (SSSR count). The Hall–Kier alpha value is -1.53. The van der Waals surface area contributed by atoms with E-state index in [2.05, 4.69) is 9.47 Å². The Morgan fingerprint density at radius 1 is 1.00 bits per heavy atom. The first kappa shape index (κ1) is 20.5. The quantitative estimate of drug-likeness (QED) is 0.372. The summed E-state index contributed by atoms with van der Waals surface area (Å²) in [6.07, 6.45) is -12.6. The van der Waals surface area contributed by atoms with Crippen molar-refractivity contribution in [3.05, 3.63) is 33.4 Å². The number of benzene rings is 1. The Morgan fingerprint density at radius 3 is 2.04 bits per heavy atom. The largest absolute Gasteiger partial charge is 0.490 e. The minimum absolute atomic E-state index is 0.152. The van der Waals surface area contributed by atoms with Crippen LogP contribution in [0.5, 0.6) is 0 Å². The average Bonchev–Trinajstić information content (AvgIpc) is 2.44. The Labute approximate surface area is 145 Å². The van der Waals surface area contributed by atoms with Gasteiger partial charge >= 0.3 is 24.3 Å². The molecule has 1 unspecified atom stereocenters. The minimum Gasteiger partial charge on any atom is -0.459 e. The van der Waals surface area contributed by atoms with Crippen LogP contribution >= 0.6 is 22.6 Å². The predicted octanol–water partition coefficient (Wildman–Crippen LogP) is 3.93. The van der Waals surface area contributed by atoms with Crippen molar-refractivity contribution in [2.24, 2.45) is 0 Å². The third-order valence-electron chi connectivity index (χ3n) is 2.58. The highest BCUT2D eigenvalue weighted by molar-refractivity contribution is 14.1. The number of carbonyl (C=O) groups excluding carboxylic acids is 2. The van der Waals surface area contributed by atoms with Gasteiger partial charge in [-0.15, -0.1) is 0 Å². The van der Waals surface area contributed by atoms with E-state index in [1.54, 1.807) is 28.7 Å². The van der Waals surface area contributed by atoms with Crippen molar-refractivity contribution >= 4 is 34.5 Å². The van der Waals surface area contributed by atoms with Crippen LogP contribution < -0.4 is 0 Å². The number of carbonyl (C=O) groups is 2. The Bertz CT molecular complexity index is 599. The van der Waals surface area contributed by atoms with Gasteiger partial charge in [-0.2, -0.15) is 26.3 Å². The second-order valence-corrected chi connectivity index (χ2v) is 5.50. The number of ether oxygens (including phenoxy) is 2. The number of rotatable bonds is 5. The van der Waals surface area contributed by atoms with Crippen molar-refractivity contribution in [1.29, 1.82) is 0 Å². The molecule has 11 heteroatoms. The first-order valence-electron chi connectivity index (χ1n) is 6.19. The summed E-state index contributed by atoms with van der Waals surface area (Å²) in [5, 5.41) is 0. The SMILES string of the molecule is O=C(OCCC(OC(=O)C(F)(F)F)c1ccccc1I)C(F)(F)F. The lowest BCUT2D eigenvalue weighted by molar-refractivity contribution is -0.208. The molecule has 0 aromatic heterocycles.